The van der Waals surface area contributed by atoms with Gasteiger partial charge in [-0.1, -0.05) is 44.2 Å². The maximum Gasteiger partial charge on any atom is 0.246 e. The molecular formula is C15H21NO2. The van der Waals surface area contributed by atoms with Crippen LogP contribution < -0.4 is 0 Å². The first-order valence-corrected chi connectivity index (χ1v) is 6.65. The Morgan fingerprint density at radius 1 is 1.33 bits per heavy atom. The lowest BCUT2D eigenvalue weighted by Gasteiger charge is -2.25. The summed E-state index contributed by atoms with van der Waals surface area (Å²) in [6, 6.07) is 10.2. The summed E-state index contributed by atoms with van der Waals surface area (Å²) < 4.78 is 0. The zero-order valence-electron chi connectivity index (χ0n) is 11.1. The topological polar surface area (TPSA) is 29.5 Å². The molecule has 0 aromatic heterocycles. The largest absolute Gasteiger partial charge is 0.273 e. The molecule has 2 rings (SSSR count). The van der Waals surface area contributed by atoms with Crippen molar-refractivity contribution in [3.8, 4) is 0 Å². The Hall–Kier alpha value is -1.35. The van der Waals surface area contributed by atoms with E-state index in [0.717, 1.165) is 18.4 Å². The van der Waals surface area contributed by atoms with Crippen molar-refractivity contribution in [1.29, 1.82) is 0 Å². The molecule has 3 nitrogen and oxygen atoms in total. The van der Waals surface area contributed by atoms with Crippen molar-refractivity contribution >= 4 is 5.91 Å². The highest BCUT2D eigenvalue weighted by Gasteiger charge is 2.32. The summed E-state index contributed by atoms with van der Waals surface area (Å²) in [6.07, 6.45) is 2.55. The van der Waals surface area contributed by atoms with Crippen molar-refractivity contribution in [2.24, 2.45) is 5.92 Å². The minimum Gasteiger partial charge on any atom is -0.273 e. The number of benzene rings is 1. The van der Waals surface area contributed by atoms with Gasteiger partial charge in [0.15, 0.2) is 0 Å². The van der Waals surface area contributed by atoms with Crippen molar-refractivity contribution in [3.63, 3.8) is 0 Å². The van der Waals surface area contributed by atoms with E-state index < -0.39 is 0 Å². The van der Waals surface area contributed by atoms with E-state index in [9.17, 15) is 4.79 Å². The number of amides is 1. The summed E-state index contributed by atoms with van der Waals surface area (Å²) in [6.45, 7) is 4.83. The molecule has 0 aliphatic carbocycles. The van der Waals surface area contributed by atoms with Crippen LogP contribution in [0.1, 0.15) is 38.7 Å². The molecule has 1 saturated heterocycles. The first kappa shape index (κ1) is 13.1. The van der Waals surface area contributed by atoms with E-state index in [2.05, 4.69) is 13.8 Å². The summed E-state index contributed by atoms with van der Waals surface area (Å²) >= 11 is 0. The van der Waals surface area contributed by atoms with Crippen LogP contribution in [0, 0.1) is 5.92 Å². The van der Waals surface area contributed by atoms with Crippen molar-refractivity contribution < 1.29 is 9.63 Å². The Morgan fingerprint density at radius 3 is 2.72 bits per heavy atom. The summed E-state index contributed by atoms with van der Waals surface area (Å²) in [5.74, 6) is 0.709. The lowest BCUT2D eigenvalue weighted by molar-refractivity contribution is -0.196. The third kappa shape index (κ3) is 3.33. The molecule has 1 amide bonds. The van der Waals surface area contributed by atoms with Gasteiger partial charge in [-0.15, -0.1) is 0 Å². The van der Waals surface area contributed by atoms with Gasteiger partial charge in [0.05, 0.1) is 6.04 Å². The zero-order chi connectivity index (χ0) is 13.0. The molecule has 18 heavy (non-hydrogen) atoms. The van der Waals surface area contributed by atoms with Gasteiger partial charge in [0.25, 0.3) is 0 Å². The fraction of sp³-hybridized carbons (Fsp3) is 0.533. The second-order valence-corrected chi connectivity index (χ2v) is 5.30. The maximum atomic E-state index is 11.8. The van der Waals surface area contributed by atoms with Gasteiger partial charge >= 0.3 is 0 Å². The molecule has 1 aromatic rings. The molecule has 1 aliphatic heterocycles. The Bertz CT molecular complexity index is 389. The number of carbonyl (C=O) groups excluding carboxylic acids is 1. The highest BCUT2D eigenvalue weighted by Crippen LogP contribution is 2.25. The van der Waals surface area contributed by atoms with Gasteiger partial charge in [-0.05, 0) is 24.3 Å². The Morgan fingerprint density at radius 2 is 2.06 bits per heavy atom. The second-order valence-electron chi connectivity index (χ2n) is 5.30. The van der Waals surface area contributed by atoms with E-state index >= 15 is 0 Å². The summed E-state index contributed by atoms with van der Waals surface area (Å²) in [5, 5.41) is 1.60. The summed E-state index contributed by atoms with van der Waals surface area (Å²) in [5.41, 5.74) is 1.10. The highest BCUT2D eigenvalue weighted by atomic mass is 16.7. The first-order chi connectivity index (χ1) is 8.66. The standard InChI is InChI=1S/C15H21NO2/c1-12(2)10-14-8-9-15(17)16(14)18-11-13-6-4-3-5-7-13/h3-7,12,14H,8-11H2,1-2H3. The normalized spacial score (nSPS) is 19.8. The van der Waals surface area contributed by atoms with E-state index in [1.807, 2.05) is 30.3 Å². The number of hydrogen-bond donors (Lipinski definition) is 0. The molecule has 0 N–H and O–H groups in total. The smallest absolute Gasteiger partial charge is 0.246 e. The molecule has 1 heterocycles. The molecule has 1 fully saturated rings. The van der Waals surface area contributed by atoms with E-state index in [4.69, 9.17) is 4.84 Å². The van der Waals surface area contributed by atoms with E-state index in [0.29, 0.717) is 18.9 Å². The number of hydrogen-bond acceptors (Lipinski definition) is 2. The number of nitrogens with zero attached hydrogens (tertiary/aromatic N) is 1. The molecule has 0 saturated carbocycles. The molecule has 1 aromatic carbocycles. The zero-order valence-corrected chi connectivity index (χ0v) is 11.1. The van der Waals surface area contributed by atoms with Gasteiger partial charge in [0.2, 0.25) is 5.91 Å². The van der Waals surface area contributed by atoms with Crippen molar-refractivity contribution in [1.82, 2.24) is 5.06 Å². The Labute approximate surface area is 109 Å². The third-order valence-electron chi connectivity index (χ3n) is 3.23. The van der Waals surface area contributed by atoms with Crippen LogP contribution in [-0.2, 0) is 16.2 Å². The molecule has 0 spiro atoms. The molecule has 98 valence electrons. The van der Waals surface area contributed by atoms with Crippen molar-refractivity contribution in [3.05, 3.63) is 35.9 Å². The molecule has 3 heteroatoms. The Kier molecular flexibility index (Phi) is 4.37. The predicted molar refractivity (Wildman–Crippen MR) is 70.6 cm³/mol. The van der Waals surface area contributed by atoms with Crippen LogP contribution in [0.5, 0.6) is 0 Å². The van der Waals surface area contributed by atoms with Gasteiger partial charge in [-0.3, -0.25) is 9.63 Å². The SMILES string of the molecule is CC(C)CC1CCC(=O)N1OCc1ccccc1. The second kappa shape index (κ2) is 6.01. The predicted octanol–water partition coefficient (Wildman–Crippen LogP) is 3.16. The van der Waals surface area contributed by atoms with Crippen LogP contribution in [0.2, 0.25) is 0 Å². The van der Waals surface area contributed by atoms with E-state index in [1.54, 1.807) is 5.06 Å². The van der Waals surface area contributed by atoms with Crippen molar-refractivity contribution in [2.45, 2.75) is 45.8 Å². The first-order valence-electron chi connectivity index (χ1n) is 6.65. The van der Waals surface area contributed by atoms with Gasteiger partial charge < -0.3 is 0 Å². The lowest BCUT2D eigenvalue weighted by atomic mass is 10.0. The minimum atomic E-state index is 0.122. The van der Waals surface area contributed by atoms with Gasteiger partial charge in [0.1, 0.15) is 6.61 Å². The van der Waals surface area contributed by atoms with Crippen LogP contribution in [-0.4, -0.2) is 17.0 Å². The molecular weight excluding hydrogens is 226 g/mol. The molecule has 1 aliphatic rings. The highest BCUT2D eigenvalue weighted by molar-refractivity contribution is 5.77. The van der Waals surface area contributed by atoms with Gasteiger partial charge in [-0.25, -0.2) is 5.06 Å². The molecule has 0 radical (unpaired) electrons. The molecule has 1 unspecified atom stereocenters. The number of hydroxylamine groups is 2. The van der Waals surface area contributed by atoms with Crippen LogP contribution in [0.15, 0.2) is 30.3 Å². The van der Waals surface area contributed by atoms with E-state index in [-0.39, 0.29) is 11.9 Å². The minimum absolute atomic E-state index is 0.122. The number of carbonyl (C=O) groups is 1. The summed E-state index contributed by atoms with van der Waals surface area (Å²) in [7, 11) is 0. The average molecular weight is 247 g/mol. The third-order valence-corrected chi connectivity index (χ3v) is 3.23. The maximum absolute atomic E-state index is 11.8. The fourth-order valence-electron chi connectivity index (χ4n) is 2.37. The Balaban J connectivity index is 1.91. The van der Waals surface area contributed by atoms with Crippen LogP contribution in [0.25, 0.3) is 0 Å². The fourth-order valence-corrected chi connectivity index (χ4v) is 2.37. The average Bonchev–Trinajstić information content (AvgIpc) is 2.68. The van der Waals surface area contributed by atoms with Gasteiger partial charge in [0, 0.05) is 6.42 Å². The van der Waals surface area contributed by atoms with E-state index in [1.165, 1.54) is 0 Å². The number of rotatable bonds is 5. The summed E-state index contributed by atoms with van der Waals surface area (Å²) in [4.78, 5) is 17.5. The van der Waals surface area contributed by atoms with Crippen LogP contribution in [0.3, 0.4) is 0 Å². The molecule has 1 atom stereocenters. The van der Waals surface area contributed by atoms with Crippen molar-refractivity contribution in [2.75, 3.05) is 0 Å². The molecule has 0 bridgehead atoms. The van der Waals surface area contributed by atoms with Gasteiger partial charge in [-0.2, -0.15) is 0 Å². The van der Waals surface area contributed by atoms with Crippen LogP contribution in [0.4, 0.5) is 0 Å². The monoisotopic (exact) mass is 247 g/mol. The quantitative estimate of drug-likeness (QED) is 0.800. The van der Waals surface area contributed by atoms with Crippen LogP contribution >= 0.6 is 0 Å². The lowest BCUT2D eigenvalue weighted by Crippen LogP contribution is -2.33.